The van der Waals surface area contributed by atoms with Crippen LogP contribution in [0.4, 0.5) is 0 Å². The van der Waals surface area contributed by atoms with Gasteiger partial charge in [0.15, 0.2) is 0 Å². The minimum absolute atomic E-state index is 0.0104. The topological polar surface area (TPSA) is 29.5 Å². The summed E-state index contributed by atoms with van der Waals surface area (Å²) in [6.45, 7) is 2.06. The Morgan fingerprint density at radius 1 is 1.55 bits per heavy atom. The first kappa shape index (κ1) is 8.53. The molecule has 1 heterocycles. The molecule has 2 unspecified atom stereocenters. The molecule has 3 nitrogen and oxygen atoms in total. The van der Waals surface area contributed by atoms with Crippen LogP contribution in [0.2, 0.25) is 0 Å². The van der Waals surface area contributed by atoms with E-state index in [-0.39, 0.29) is 6.23 Å². The Labute approximate surface area is 67.3 Å². The maximum atomic E-state index is 10.6. The highest BCUT2D eigenvalue weighted by molar-refractivity contribution is 5.48. The lowest BCUT2D eigenvalue weighted by Gasteiger charge is -2.36. The van der Waals surface area contributed by atoms with E-state index in [1.165, 1.54) is 0 Å². The number of carbonyl (C=O) groups excluding carboxylic acids is 1. The number of hydrogen-bond acceptors (Lipinski definition) is 2. The normalized spacial score (nSPS) is 32.0. The van der Waals surface area contributed by atoms with Crippen molar-refractivity contribution in [2.75, 3.05) is 7.11 Å². The van der Waals surface area contributed by atoms with Crippen LogP contribution in [0, 0.1) is 0 Å². The van der Waals surface area contributed by atoms with Gasteiger partial charge in [-0.25, -0.2) is 0 Å². The molecule has 0 aromatic heterocycles. The van der Waals surface area contributed by atoms with Gasteiger partial charge in [-0.1, -0.05) is 0 Å². The second kappa shape index (κ2) is 3.72. The van der Waals surface area contributed by atoms with Crippen LogP contribution in [-0.2, 0) is 9.53 Å². The van der Waals surface area contributed by atoms with Crippen LogP contribution in [0.1, 0.15) is 26.2 Å². The van der Waals surface area contributed by atoms with Crippen LogP contribution < -0.4 is 0 Å². The lowest BCUT2D eigenvalue weighted by Crippen LogP contribution is -2.45. The molecule has 1 rings (SSSR count). The van der Waals surface area contributed by atoms with Gasteiger partial charge in [-0.2, -0.15) is 0 Å². The van der Waals surface area contributed by atoms with Gasteiger partial charge in [0.05, 0.1) is 0 Å². The van der Waals surface area contributed by atoms with E-state index < -0.39 is 0 Å². The van der Waals surface area contributed by atoms with Crippen molar-refractivity contribution in [1.82, 2.24) is 4.90 Å². The summed E-state index contributed by atoms with van der Waals surface area (Å²) in [5, 5.41) is 0. The summed E-state index contributed by atoms with van der Waals surface area (Å²) in [4.78, 5) is 12.3. The monoisotopic (exact) mass is 157 g/mol. The van der Waals surface area contributed by atoms with E-state index in [0.717, 1.165) is 25.7 Å². The fourth-order valence-corrected chi connectivity index (χ4v) is 1.58. The smallest absolute Gasteiger partial charge is 0.211 e. The Kier molecular flexibility index (Phi) is 2.88. The van der Waals surface area contributed by atoms with Gasteiger partial charge in [-0.3, -0.25) is 4.79 Å². The van der Waals surface area contributed by atoms with Crippen molar-refractivity contribution in [2.45, 2.75) is 38.5 Å². The Morgan fingerprint density at radius 2 is 2.27 bits per heavy atom. The largest absolute Gasteiger partial charge is 0.362 e. The number of methoxy groups -OCH3 is 1. The molecular weight excluding hydrogens is 142 g/mol. The van der Waals surface area contributed by atoms with E-state index >= 15 is 0 Å². The third kappa shape index (κ3) is 1.71. The third-order valence-corrected chi connectivity index (χ3v) is 2.31. The molecule has 1 fully saturated rings. The molecule has 1 saturated heterocycles. The second-order valence-electron chi connectivity index (χ2n) is 3.02. The average Bonchev–Trinajstić information content (AvgIpc) is 2.04. The predicted octanol–water partition coefficient (Wildman–Crippen LogP) is 0.990. The van der Waals surface area contributed by atoms with Gasteiger partial charge in [0, 0.05) is 13.2 Å². The first-order valence-electron chi connectivity index (χ1n) is 4.05. The molecule has 0 aromatic rings. The van der Waals surface area contributed by atoms with E-state index in [2.05, 4.69) is 6.92 Å². The Bertz CT molecular complexity index is 138. The highest BCUT2D eigenvalue weighted by atomic mass is 16.5. The minimum Gasteiger partial charge on any atom is -0.362 e. The molecule has 11 heavy (non-hydrogen) atoms. The summed E-state index contributed by atoms with van der Waals surface area (Å²) in [5.41, 5.74) is 0. The number of amides is 1. The van der Waals surface area contributed by atoms with Gasteiger partial charge >= 0.3 is 0 Å². The summed E-state index contributed by atoms with van der Waals surface area (Å²) in [6, 6.07) is 0.339. The zero-order chi connectivity index (χ0) is 8.27. The predicted molar refractivity (Wildman–Crippen MR) is 42.0 cm³/mol. The number of carbonyl (C=O) groups is 1. The van der Waals surface area contributed by atoms with Gasteiger partial charge in [-0.05, 0) is 26.2 Å². The van der Waals surface area contributed by atoms with Gasteiger partial charge in [-0.15, -0.1) is 0 Å². The maximum absolute atomic E-state index is 10.6. The average molecular weight is 157 g/mol. The van der Waals surface area contributed by atoms with E-state index in [1.807, 2.05) is 0 Å². The van der Waals surface area contributed by atoms with Crippen molar-refractivity contribution in [3.8, 4) is 0 Å². The summed E-state index contributed by atoms with van der Waals surface area (Å²) in [6.07, 6.45) is 4.12. The molecule has 64 valence electrons. The van der Waals surface area contributed by atoms with Gasteiger partial charge in [0.2, 0.25) is 6.41 Å². The number of piperidine rings is 1. The van der Waals surface area contributed by atoms with Crippen LogP contribution in [-0.4, -0.2) is 30.7 Å². The van der Waals surface area contributed by atoms with Crippen molar-refractivity contribution < 1.29 is 9.53 Å². The molecule has 0 N–H and O–H groups in total. The van der Waals surface area contributed by atoms with Crippen molar-refractivity contribution in [3.63, 3.8) is 0 Å². The summed E-state index contributed by atoms with van der Waals surface area (Å²) >= 11 is 0. The number of rotatable bonds is 2. The third-order valence-electron chi connectivity index (χ3n) is 2.31. The van der Waals surface area contributed by atoms with Crippen molar-refractivity contribution in [1.29, 1.82) is 0 Å². The van der Waals surface area contributed by atoms with Gasteiger partial charge < -0.3 is 9.64 Å². The molecule has 1 aliphatic heterocycles. The van der Waals surface area contributed by atoms with Crippen molar-refractivity contribution >= 4 is 6.41 Å². The van der Waals surface area contributed by atoms with Crippen molar-refractivity contribution in [3.05, 3.63) is 0 Å². The van der Waals surface area contributed by atoms with E-state index in [4.69, 9.17) is 4.74 Å². The molecule has 3 heteroatoms. The highest BCUT2D eigenvalue weighted by Gasteiger charge is 2.25. The zero-order valence-corrected chi connectivity index (χ0v) is 7.12. The van der Waals surface area contributed by atoms with Crippen molar-refractivity contribution in [2.24, 2.45) is 0 Å². The highest BCUT2D eigenvalue weighted by Crippen LogP contribution is 2.20. The Balaban J connectivity index is 2.55. The first-order valence-corrected chi connectivity index (χ1v) is 4.05. The fraction of sp³-hybridized carbons (Fsp3) is 0.875. The Hall–Kier alpha value is -0.570. The number of likely N-dealkylation sites (tertiary alicyclic amines) is 1. The molecule has 0 spiro atoms. The number of hydrogen-bond donors (Lipinski definition) is 0. The SMILES string of the molecule is COC1CCCC(C)N1C=O. The molecular formula is C8H15NO2. The molecule has 1 aliphatic rings. The summed E-state index contributed by atoms with van der Waals surface area (Å²) in [5.74, 6) is 0. The zero-order valence-electron chi connectivity index (χ0n) is 7.12. The summed E-state index contributed by atoms with van der Waals surface area (Å²) < 4.78 is 5.16. The lowest BCUT2D eigenvalue weighted by atomic mass is 10.0. The van der Waals surface area contributed by atoms with E-state index in [1.54, 1.807) is 12.0 Å². The fourth-order valence-electron chi connectivity index (χ4n) is 1.58. The van der Waals surface area contributed by atoms with E-state index in [9.17, 15) is 4.79 Å². The molecule has 2 atom stereocenters. The quantitative estimate of drug-likeness (QED) is 0.559. The van der Waals surface area contributed by atoms with Crippen LogP contribution in [0.5, 0.6) is 0 Å². The second-order valence-corrected chi connectivity index (χ2v) is 3.02. The molecule has 0 aliphatic carbocycles. The standard InChI is InChI=1S/C8H15NO2/c1-7-4-3-5-8(11-2)9(7)6-10/h6-8H,3-5H2,1-2H3. The van der Waals surface area contributed by atoms with Gasteiger partial charge in [0.25, 0.3) is 0 Å². The molecule has 0 aromatic carbocycles. The first-order chi connectivity index (χ1) is 5.29. The molecule has 1 amide bonds. The minimum atomic E-state index is 0.0104. The molecule has 0 bridgehead atoms. The molecule has 0 radical (unpaired) electrons. The number of ether oxygens (including phenoxy) is 1. The van der Waals surface area contributed by atoms with Crippen LogP contribution >= 0.6 is 0 Å². The summed E-state index contributed by atoms with van der Waals surface area (Å²) in [7, 11) is 1.65. The maximum Gasteiger partial charge on any atom is 0.211 e. The Morgan fingerprint density at radius 3 is 2.73 bits per heavy atom. The van der Waals surface area contributed by atoms with E-state index in [0.29, 0.717) is 6.04 Å². The molecule has 0 saturated carbocycles. The van der Waals surface area contributed by atoms with Crippen LogP contribution in [0.3, 0.4) is 0 Å². The van der Waals surface area contributed by atoms with Gasteiger partial charge in [0.1, 0.15) is 6.23 Å². The number of nitrogens with zero attached hydrogens (tertiary/aromatic N) is 1. The van der Waals surface area contributed by atoms with Crippen LogP contribution in [0.15, 0.2) is 0 Å². The lowest BCUT2D eigenvalue weighted by molar-refractivity contribution is -0.139. The van der Waals surface area contributed by atoms with Crippen LogP contribution in [0.25, 0.3) is 0 Å².